The molecule has 4 heteroatoms. The van der Waals surface area contributed by atoms with Crippen LogP contribution in [0.25, 0.3) is 0 Å². The average molecular weight is 176 g/mol. The van der Waals surface area contributed by atoms with Gasteiger partial charge in [0.15, 0.2) is 0 Å². The van der Waals surface area contributed by atoms with Gasteiger partial charge in [0.05, 0.1) is 5.60 Å². The first-order chi connectivity index (χ1) is 6.00. The molecular formula is C9H11BNO2. The maximum absolute atomic E-state index is 9.67. The monoisotopic (exact) mass is 176 g/mol. The molecule has 0 saturated carbocycles. The number of hydrogen-bond acceptors (Lipinski definition) is 3. The van der Waals surface area contributed by atoms with Crippen LogP contribution >= 0.6 is 0 Å². The van der Waals surface area contributed by atoms with Crippen LogP contribution in [0.15, 0.2) is 12.1 Å². The molecule has 0 bridgehead atoms. The van der Waals surface area contributed by atoms with Crippen molar-refractivity contribution in [3.63, 3.8) is 0 Å². The lowest BCUT2D eigenvalue weighted by Gasteiger charge is -2.20. The van der Waals surface area contributed by atoms with Crippen LogP contribution in [0, 0.1) is 0 Å². The zero-order chi connectivity index (χ0) is 9.64. The van der Waals surface area contributed by atoms with Crippen molar-refractivity contribution in [1.82, 2.24) is 0 Å². The van der Waals surface area contributed by atoms with Crippen LogP contribution in [-0.2, 0) is 10.3 Å². The highest BCUT2D eigenvalue weighted by molar-refractivity contribution is 6.49. The number of fused-ring (bicyclic) bond motifs is 1. The number of hydrogen-bond donors (Lipinski definition) is 2. The average Bonchev–Trinajstić information content (AvgIpc) is 2.26. The third-order valence-electron chi connectivity index (χ3n) is 2.25. The third-order valence-corrected chi connectivity index (χ3v) is 2.25. The molecule has 0 amide bonds. The highest BCUT2D eigenvalue weighted by Crippen LogP contribution is 2.34. The predicted octanol–water partition coefficient (Wildman–Crippen LogP) is 0.484. The first-order valence-corrected chi connectivity index (χ1v) is 4.15. The number of benzene rings is 1. The van der Waals surface area contributed by atoms with E-state index in [0.717, 1.165) is 11.0 Å². The minimum atomic E-state index is -0.451. The van der Waals surface area contributed by atoms with Gasteiger partial charge in [0, 0.05) is 17.3 Å². The standard InChI is InChI=1S/C9H11BNO2/c1-9(2)8-6(10-13-9)3-5(11)4-7(8)12/h3-4,12H,11H2,1-2H3. The Kier molecular flexibility index (Phi) is 1.57. The number of nitrogen functional groups attached to an aromatic ring is 1. The molecule has 0 atom stereocenters. The Hall–Kier alpha value is -1.16. The van der Waals surface area contributed by atoms with Gasteiger partial charge in [-0.15, -0.1) is 0 Å². The van der Waals surface area contributed by atoms with Gasteiger partial charge in [-0.2, -0.15) is 0 Å². The fraction of sp³-hybridized carbons (Fsp3) is 0.333. The minimum Gasteiger partial charge on any atom is -0.508 e. The summed E-state index contributed by atoms with van der Waals surface area (Å²) in [6, 6.07) is 3.34. The molecule has 0 aromatic heterocycles. The van der Waals surface area contributed by atoms with E-state index >= 15 is 0 Å². The molecule has 1 heterocycles. The molecule has 1 aliphatic heterocycles. The van der Waals surface area contributed by atoms with E-state index in [4.69, 9.17) is 10.4 Å². The molecule has 13 heavy (non-hydrogen) atoms. The number of rotatable bonds is 0. The van der Waals surface area contributed by atoms with E-state index in [1.165, 1.54) is 0 Å². The third kappa shape index (κ3) is 1.18. The summed E-state index contributed by atoms with van der Waals surface area (Å²) in [5.41, 5.74) is 7.35. The van der Waals surface area contributed by atoms with Crippen LogP contribution in [-0.4, -0.2) is 12.6 Å². The van der Waals surface area contributed by atoms with Crippen molar-refractivity contribution in [3.05, 3.63) is 17.7 Å². The van der Waals surface area contributed by atoms with E-state index in [9.17, 15) is 5.11 Å². The second-order valence-corrected chi connectivity index (χ2v) is 3.75. The van der Waals surface area contributed by atoms with Crippen LogP contribution in [0.3, 0.4) is 0 Å². The molecule has 3 nitrogen and oxygen atoms in total. The van der Waals surface area contributed by atoms with E-state index in [2.05, 4.69) is 0 Å². The van der Waals surface area contributed by atoms with Crippen molar-refractivity contribution >= 4 is 18.6 Å². The van der Waals surface area contributed by atoms with Gasteiger partial charge < -0.3 is 15.5 Å². The summed E-state index contributed by atoms with van der Waals surface area (Å²) in [5.74, 6) is 0.203. The van der Waals surface area contributed by atoms with Crippen LogP contribution in [0.4, 0.5) is 5.69 Å². The van der Waals surface area contributed by atoms with Gasteiger partial charge >= 0.3 is 7.48 Å². The fourth-order valence-corrected chi connectivity index (χ4v) is 1.69. The maximum Gasteiger partial charge on any atom is 0.331 e. The molecule has 1 radical (unpaired) electrons. The first-order valence-electron chi connectivity index (χ1n) is 4.15. The Morgan fingerprint density at radius 2 is 2.15 bits per heavy atom. The van der Waals surface area contributed by atoms with E-state index < -0.39 is 5.60 Å². The molecule has 67 valence electrons. The highest BCUT2D eigenvalue weighted by Gasteiger charge is 2.34. The summed E-state index contributed by atoms with van der Waals surface area (Å²) >= 11 is 0. The van der Waals surface area contributed by atoms with Gasteiger partial charge in [0.2, 0.25) is 0 Å². The summed E-state index contributed by atoms with van der Waals surface area (Å²) in [6.07, 6.45) is 0. The smallest absolute Gasteiger partial charge is 0.331 e. The largest absolute Gasteiger partial charge is 0.508 e. The van der Waals surface area contributed by atoms with Crippen molar-refractivity contribution in [2.45, 2.75) is 19.4 Å². The van der Waals surface area contributed by atoms with E-state index in [1.807, 2.05) is 13.8 Å². The van der Waals surface area contributed by atoms with Crippen molar-refractivity contribution in [2.75, 3.05) is 5.73 Å². The van der Waals surface area contributed by atoms with Crippen LogP contribution < -0.4 is 11.2 Å². The Morgan fingerprint density at radius 1 is 1.46 bits per heavy atom. The van der Waals surface area contributed by atoms with Gasteiger partial charge in [-0.3, -0.25) is 0 Å². The maximum atomic E-state index is 9.67. The summed E-state index contributed by atoms with van der Waals surface area (Å²) in [6.45, 7) is 3.82. The molecule has 3 N–H and O–H groups in total. The minimum absolute atomic E-state index is 0.203. The molecule has 1 aliphatic rings. The molecular weight excluding hydrogens is 165 g/mol. The van der Waals surface area contributed by atoms with Gasteiger partial charge in [0.1, 0.15) is 5.75 Å². The van der Waals surface area contributed by atoms with Crippen LogP contribution in [0.5, 0.6) is 5.75 Å². The second-order valence-electron chi connectivity index (χ2n) is 3.75. The molecule has 0 saturated heterocycles. The van der Waals surface area contributed by atoms with Crippen molar-refractivity contribution in [2.24, 2.45) is 0 Å². The molecule has 0 fully saturated rings. The molecule has 1 aromatic rings. The second kappa shape index (κ2) is 2.42. The van der Waals surface area contributed by atoms with Gasteiger partial charge in [-0.1, -0.05) is 0 Å². The predicted molar refractivity (Wildman–Crippen MR) is 52.0 cm³/mol. The summed E-state index contributed by atoms with van der Waals surface area (Å²) in [4.78, 5) is 0. The summed E-state index contributed by atoms with van der Waals surface area (Å²) in [5, 5.41) is 9.67. The number of anilines is 1. The van der Waals surface area contributed by atoms with Gasteiger partial charge in [-0.05, 0) is 25.4 Å². The molecule has 2 rings (SSSR count). The van der Waals surface area contributed by atoms with E-state index in [1.54, 1.807) is 19.6 Å². The number of phenolic OH excluding ortho intramolecular Hbond substituents is 1. The Labute approximate surface area is 77.8 Å². The number of nitrogens with two attached hydrogens (primary N) is 1. The normalized spacial score (nSPS) is 18.0. The van der Waals surface area contributed by atoms with Crippen molar-refractivity contribution in [1.29, 1.82) is 0 Å². The van der Waals surface area contributed by atoms with Crippen LogP contribution in [0.2, 0.25) is 0 Å². The summed E-state index contributed by atoms with van der Waals surface area (Å²) < 4.78 is 5.41. The Bertz CT molecular complexity index is 363. The van der Waals surface area contributed by atoms with Crippen LogP contribution in [0.1, 0.15) is 19.4 Å². The van der Waals surface area contributed by atoms with E-state index in [0.29, 0.717) is 5.69 Å². The lowest BCUT2D eigenvalue weighted by atomic mass is 9.84. The molecule has 0 spiro atoms. The summed E-state index contributed by atoms with van der Waals surface area (Å²) in [7, 11) is 1.63. The Balaban J connectivity index is 2.65. The molecule has 0 aliphatic carbocycles. The number of aromatic hydroxyl groups is 1. The zero-order valence-electron chi connectivity index (χ0n) is 7.66. The van der Waals surface area contributed by atoms with E-state index in [-0.39, 0.29) is 5.75 Å². The first kappa shape index (κ1) is 8.44. The molecule has 0 unspecified atom stereocenters. The quantitative estimate of drug-likeness (QED) is 0.446. The zero-order valence-corrected chi connectivity index (χ0v) is 7.66. The highest BCUT2D eigenvalue weighted by atomic mass is 16.5. The van der Waals surface area contributed by atoms with Gasteiger partial charge in [-0.25, -0.2) is 0 Å². The fourth-order valence-electron chi connectivity index (χ4n) is 1.69. The molecule has 1 aromatic carbocycles. The van der Waals surface area contributed by atoms with Crippen molar-refractivity contribution in [3.8, 4) is 5.75 Å². The van der Waals surface area contributed by atoms with Crippen molar-refractivity contribution < 1.29 is 9.76 Å². The lowest BCUT2D eigenvalue weighted by molar-refractivity contribution is 0.128. The SMILES string of the molecule is CC1(C)O[B]c2cc(N)cc(O)c21. The topological polar surface area (TPSA) is 55.5 Å². The van der Waals surface area contributed by atoms with Gasteiger partial charge in [0.25, 0.3) is 0 Å². The lowest BCUT2D eigenvalue weighted by Crippen LogP contribution is -2.17. The Morgan fingerprint density at radius 3 is 2.85 bits per heavy atom. The number of phenols is 1.